The Hall–Kier alpha value is -7.12. The Morgan fingerprint density at radius 3 is 2.23 bits per heavy atom. The maximum absolute atomic E-state index is 6.87. The monoisotopic (exact) mass is 801 g/mol. The lowest BCUT2D eigenvalue weighted by atomic mass is 9.97. The van der Waals surface area contributed by atoms with Gasteiger partial charge in [-0.2, -0.15) is 0 Å². The first-order valence-corrected chi connectivity index (χ1v) is 22.0. The van der Waals surface area contributed by atoms with Gasteiger partial charge in [0.2, 0.25) is 0 Å². The Labute approximate surface area is 351 Å². The topological polar surface area (TPSA) is 42.5 Å². The van der Waals surface area contributed by atoms with E-state index in [1.807, 2.05) is 23.1 Å². The number of hydrogen-bond acceptors (Lipinski definition) is 5. The number of benzene rings is 9. The quantitative estimate of drug-likeness (QED) is 0.193. The Morgan fingerprint density at radius 1 is 0.567 bits per heavy atom. The van der Waals surface area contributed by atoms with Crippen molar-refractivity contribution in [2.75, 3.05) is 0 Å². The van der Waals surface area contributed by atoms with Crippen molar-refractivity contribution in [3.8, 4) is 5.69 Å². The van der Waals surface area contributed by atoms with Gasteiger partial charge >= 0.3 is 0 Å². The summed E-state index contributed by atoms with van der Waals surface area (Å²) in [6, 6.07) is 63.7. The highest BCUT2D eigenvalue weighted by atomic mass is 32.2. The van der Waals surface area contributed by atoms with Gasteiger partial charge in [-0.15, -0.1) is 11.3 Å². The lowest BCUT2D eigenvalue weighted by molar-refractivity contribution is 0.668. The van der Waals surface area contributed by atoms with E-state index in [0.29, 0.717) is 0 Å². The van der Waals surface area contributed by atoms with Crippen LogP contribution in [0, 0.1) is 0 Å². The number of fused-ring (bicyclic) bond motifs is 18. The van der Waals surface area contributed by atoms with Crippen LogP contribution in [-0.2, 0) is 0 Å². The van der Waals surface area contributed by atoms with Gasteiger partial charge in [0.15, 0.2) is 0 Å². The van der Waals surface area contributed by atoms with E-state index in [1.165, 1.54) is 78.9 Å². The first kappa shape index (κ1) is 32.8. The van der Waals surface area contributed by atoms with Gasteiger partial charge in [-0.1, -0.05) is 145 Å². The number of aliphatic imine (C=N–C) groups is 1. The first-order valence-electron chi connectivity index (χ1n) is 20.3. The van der Waals surface area contributed by atoms with Gasteiger partial charge < -0.3 is 14.3 Å². The molecule has 6 heteroatoms. The van der Waals surface area contributed by atoms with Crippen molar-refractivity contribution in [3.05, 3.63) is 198 Å². The van der Waals surface area contributed by atoms with Crippen LogP contribution in [0.15, 0.2) is 195 Å². The number of furan rings is 1. The van der Waals surface area contributed by atoms with Crippen LogP contribution in [0.1, 0.15) is 22.7 Å². The van der Waals surface area contributed by atoms with Crippen LogP contribution in [0.5, 0.6) is 0 Å². The molecular formula is C54H31N3OS2. The average Bonchev–Trinajstić information content (AvgIpc) is 4.08. The third kappa shape index (κ3) is 4.44. The molecule has 12 aromatic rings. The maximum Gasteiger partial charge on any atom is 0.137 e. The minimum absolute atomic E-state index is 0.0159. The van der Waals surface area contributed by atoms with Crippen LogP contribution in [-0.4, -0.2) is 10.4 Å². The van der Waals surface area contributed by atoms with Gasteiger partial charge in [-0.3, -0.25) is 0 Å². The highest BCUT2D eigenvalue weighted by molar-refractivity contribution is 8.03. The fourth-order valence-electron chi connectivity index (χ4n) is 10.1. The molecule has 0 aliphatic carbocycles. The molecule has 0 saturated carbocycles. The second kappa shape index (κ2) is 12.2. The zero-order chi connectivity index (χ0) is 39.1. The standard InChI is InChI=1S/C54H31N3OS2/c1-2-14-31(15-3-1)49-53-50(38-20-9-11-24-44(38)60-53)56-54(55-49)39-21-12-22-41-45(39)36-27-26-32(29-42(36)58-41)57-40-28-25-30-13-4-5-16-33(30)47(40)48-35-18-7-6-17-34(35)46-37-19-8-10-23-43(37)59-52(46)51(48)57/h1-29,50H,(H,55,56). The van der Waals surface area contributed by atoms with Crippen LogP contribution in [0.4, 0.5) is 0 Å². The molecule has 5 heterocycles. The number of nitrogens with zero attached hydrogens (tertiary/aromatic N) is 2. The Morgan fingerprint density at radius 2 is 1.33 bits per heavy atom. The molecule has 0 saturated heterocycles. The summed E-state index contributed by atoms with van der Waals surface area (Å²) in [5.41, 5.74) is 9.62. The number of hydrogen-bond donors (Lipinski definition) is 1. The number of amidine groups is 1. The fourth-order valence-corrected chi connectivity index (χ4v) is 12.6. The molecule has 3 aromatic heterocycles. The summed E-state index contributed by atoms with van der Waals surface area (Å²) in [7, 11) is 0. The number of rotatable bonds is 3. The second-order valence-electron chi connectivity index (χ2n) is 15.8. The van der Waals surface area contributed by atoms with Crippen molar-refractivity contribution in [3.63, 3.8) is 0 Å². The molecule has 0 spiro atoms. The molecule has 2 aliphatic rings. The van der Waals surface area contributed by atoms with E-state index < -0.39 is 0 Å². The summed E-state index contributed by atoms with van der Waals surface area (Å²) in [5.74, 6) is 0.852. The number of thiophene rings is 1. The van der Waals surface area contributed by atoms with Crippen LogP contribution in [0.3, 0.4) is 0 Å². The first-order chi connectivity index (χ1) is 29.8. The van der Waals surface area contributed by atoms with Crippen LogP contribution in [0.2, 0.25) is 0 Å². The highest BCUT2D eigenvalue weighted by Gasteiger charge is 2.35. The van der Waals surface area contributed by atoms with E-state index in [1.54, 1.807) is 0 Å². The molecular weight excluding hydrogens is 771 g/mol. The van der Waals surface area contributed by atoms with E-state index in [-0.39, 0.29) is 6.04 Å². The SMILES string of the molecule is c1ccc(C2=C3Sc4ccccc4C3NC(c3cccc4oc5cc(-n6c7ccc8ccccc8c7c7c8ccccc8c8c9ccccc9sc8c76)ccc5c34)=N2)cc1. The lowest BCUT2D eigenvalue weighted by Crippen LogP contribution is -2.32. The summed E-state index contributed by atoms with van der Waals surface area (Å²) >= 11 is 3.71. The summed E-state index contributed by atoms with van der Waals surface area (Å²) in [4.78, 5) is 7.93. The van der Waals surface area contributed by atoms with Crippen molar-refractivity contribution < 1.29 is 4.42 Å². The van der Waals surface area contributed by atoms with Gasteiger partial charge in [0.25, 0.3) is 0 Å². The zero-order valence-corrected chi connectivity index (χ0v) is 33.6. The van der Waals surface area contributed by atoms with Crippen LogP contribution >= 0.6 is 23.1 Å². The number of thioether (sulfide) groups is 1. The molecule has 0 radical (unpaired) electrons. The summed E-state index contributed by atoms with van der Waals surface area (Å²) < 4.78 is 12.0. The minimum Gasteiger partial charge on any atom is -0.456 e. The molecule has 1 atom stereocenters. The van der Waals surface area contributed by atoms with Crippen molar-refractivity contribution in [1.82, 2.24) is 9.88 Å². The van der Waals surface area contributed by atoms with Gasteiger partial charge in [0.1, 0.15) is 17.0 Å². The largest absolute Gasteiger partial charge is 0.456 e. The predicted molar refractivity (Wildman–Crippen MR) is 254 cm³/mol. The van der Waals surface area contributed by atoms with Crippen molar-refractivity contribution in [2.45, 2.75) is 10.9 Å². The van der Waals surface area contributed by atoms with E-state index in [0.717, 1.165) is 50.3 Å². The summed E-state index contributed by atoms with van der Waals surface area (Å²) in [6.07, 6.45) is 0. The Kier molecular flexibility index (Phi) is 6.67. The van der Waals surface area contributed by atoms with E-state index >= 15 is 0 Å². The van der Waals surface area contributed by atoms with E-state index in [2.05, 4.69) is 186 Å². The van der Waals surface area contributed by atoms with Crippen LogP contribution < -0.4 is 5.32 Å². The minimum atomic E-state index is 0.0159. The Balaban J connectivity index is 1.03. The van der Waals surface area contributed by atoms with Gasteiger partial charge in [-0.05, 0) is 63.5 Å². The molecule has 14 rings (SSSR count). The van der Waals surface area contributed by atoms with Crippen molar-refractivity contribution in [2.24, 2.45) is 4.99 Å². The number of aromatic nitrogens is 1. The molecule has 0 bridgehead atoms. The number of nitrogens with one attached hydrogen (secondary N) is 1. The van der Waals surface area contributed by atoms with Gasteiger partial charge in [0, 0.05) is 69.7 Å². The third-order valence-electron chi connectivity index (χ3n) is 12.6. The molecule has 1 N–H and O–H groups in total. The maximum atomic E-state index is 6.87. The average molecular weight is 802 g/mol. The molecule has 280 valence electrons. The molecule has 60 heavy (non-hydrogen) atoms. The van der Waals surface area contributed by atoms with Crippen molar-refractivity contribution in [1.29, 1.82) is 0 Å². The normalized spacial score (nSPS) is 15.3. The smallest absolute Gasteiger partial charge is 0.137 e. The fraction of sp³-hybridized carbons (Fsp3) is 0.0185. The molecule has 4 nitrogen and oxygen atoms in total. The lowest BCUT2D eigenvalue weighted by Gasteiger charge is -2.25. The molecule has 9 aromatic carbocycles. The summed E-state index contributed by atoms with van der Waals surface area (Å²) in [6.45, 7) is 0. The second-order valence-corrected chi connectivity index (χ2v) is 17.9. The molecule has 0 amide bonds. The third-order valence-corrected chi connectivity index (χ3v) is 15.0. The van der Waals surface area contributed by atoms with Gasteiger partial charge in [0.05, 0.1) is 27.5 Å². The molecule has 0 fully saturated rings. The van der Waals surface area contributed by atoms with E-state index in [4.69, 9.17) is 9.41 Å². The van der Waals surface area contributed by atoms with Crippen LogP contribution in [0.25, 0.3) is 96.8 Å². The Bertz CT molecular complexity index is 3910. The molecule has 1 unspecified atom stereocenters. The van der Waals surface area contributed by atoms with Gasteiger partial charge in [-0.25, -0.2) is 4.99 Å². The highest BCUT2D eigenvalue weighted by Crippen LogP contribution is 2.53. The van der Waals surface area contributed by atoms with E-state index in [9.17, 15) is 0 Å². The van der Waals surface area contributed by atoms with Crippen molar-refractivity contribution >= 4 is 120 Å². The molecule has 2 aliphatic heterocycles. The summed E-state index contributed by atoms with van der Waals surface area (Å²) in [5, 5.41) is 16.3. The predicted octanol–water partition coefficient (Wildman–Crippen LogP) is 14.9. The zero-order valence-electron chi connectivity index (χ0n) is 31.9.